The first-order valence-electron chi connectivity index (χ1n) is 14.9. The van der Waals surface area contributed by atoms with Gasteiger partial charge in [-0.25, -0.2) is 4.39 Å². The van der Waals surface area contributed by atoms with E-state index in [1.54, 1.807) is 11.3 Å². The number of hydrogen-bond donors (Lipinski definition) is 0. The van der Waals surface area contributed by atoms with Gasteiger partial charge in [0, 0.05) is 4.88 Å². The van der Waals surface area contributed by atoms with Crippen molar-refractivity contribution in [1.29, 1.82) is 0 Å². The Balaban J connectivity index is 1.18. The largest absolute Gasteiger partial charge is 0.205 e. The first-order valence-corrected chi connectivity index (χ1v) is 15.7. The minimum Gasteiger partial charge on any atom is -0.205 e. The third-order valence-electron chi connectivity index (χ3n) is 9.40. The summed E-state index contributed by atoms with van der Waals surface area (Å²) in [4.78, 5) is 1.43. The molecule has 194 valence electrons. The second kappa shape index (κ2) is 12.2. The SMILES string of the molecule is CCCc1ccc(CCc2ccc3cc(C4CCC(C5CCC(CCC)CC5)CC4)sc3c2F)cc1. The first-order chi connectivity index (χ1) is 17.6. The van der Waals surface area contributed by atoms with Crippen molar-refractivity contribution in [2.75, 3.05) is 0 Å². The molecular weight excluding hydrogens is 459 g/mol. The smallest absolute Gasteiger partial charge is 0.144 e. The van der Waals surface area contributed by atoms with E-state index < -0.39 is 0 Å². The normalized spacial score (nSPS) is 24.9. The zero-order chi connectivity index (χ0) is 24.9. The molecule has 0 aliphatic heterocycles. The van der Waals surface area contributed by atoms with Crippen molar-refractivity contribution in [3.05, 3.63) is 69.8 Å². The van der Waals surface area contributed by atoms with Gasteiger partial charge < -0.3 is 0 Å². The second-order valence-corrected chi connectivity index (χ2v) is 12.9. The van der Waals surface area contributed by atoms with E-state index in [0.717, 1.165) is 52.7 Å². The lowest BCUT2D eigenvalue weighted by molar-refractivity contribution is 0.157. The summed E-state index contributed by atoms with van der Waals surface area (Å²) < 4.78 is 16.4. The third-order valence-corrected chi connectivity index (χ3v) is 10.7. The van der Waals surface area contributed by atoms with Crippen LogP contribution < -0.4 is 0 Å². The van der Waals surface area contributed by atoms with Crippen molar-refractivity contribution in [1.82, 2.24) is 0 Å². The molecule has 0 N–H and O–H groups in total. The van der Waals surface area contributed by atoms with Crippen molar-refractivity contribution in [2.24, 2.45) is 17.8 Å². The Bertz CT molecular complexity index is 1090. The number of rotatable bonds is 9. The minimum absolute atomic E-state index is 0.0314. The highest BCUT2D eigenvalue weighted by Gasteiger charge is 2.31. The number of thiophene rings is 1. The molecular formula is C34H45FS. The molecule has 2 aliphatic rings. The quantitative estimate of drug-likeness (QED) is 0.272. The minimum atomic E-state index is 0.0314. The maximum Gasteiger partial charge on any atom is 0.144 e. The van der Waals surface area contributed by atoms with Gasteiger partial charge in [-0.1, -0.05) is 82.3 Å². The first kappa shape index (κ1) is 26.0. The van der Waals surface area contributed by atoms with Gasteiger partial charge in [0.05, 0.1) is 4.70 Å². The van der Waals surface area contributed by atoms with Crippen LogP contribution in [0.25, 0.3) is 10.1 Å². The molecule has 0 atom stereocenters. The Hall–Kier alpha value is -1.67. The van der Waals surface area contributed by atoms with Crippen LogP contribution in [0.4, 0.5) is 4.39 Å². The van der Waals surface area contributed by atoms with Crippen LogP contribution in [0.2, 0.25) is 0 Å². The lowest BCUT2D eigenvalue weighted by Gasteiger charge is -2.37. The van der Waals surface area contributed by atoms with E-state index in [0.29, 0.717) is 5.92 Å². The molecule has 2 saturated carbocycles. The summed E-state index contributed by atoms with van der Waals surface area (Å²) in [5.41, 5.74) is 3.57. The molecule has 36 heavy (non-hydrogen) atoms. The van der Waals surface area contributed by atoms with Gasteiger partial charge in [-0.2, -0.15) is 0 Å². The highest BCUT2D eigenvalue weighted by atomic mass is 32.1. The monoisotopic (exact) mass is 504 g/mol. The lowest BCUT2D eigenvalue weighted by atomic mass is 9.68. The summed E-state index contributed by atoms with van der Waals surface area (Å²) in [6, 6.07) is 15.4. The van der Waals surface area contributed by atoms with E-state index in [-0.39, 0.29) is 5.82 Å². The lowest BCUT2D eigenvalue weighted by Crippen LogP contribution is -2.25. The Kier molecular flexibility index (Phi) is 8.83. The molecule has 0 unspecified atom stereocenters. The van der Waals surface area contributed by atoms with Crippen molar-refractivity contribution in [3.8, 4) is 0 Å². The zero-order valence-corrected chi connectivity index (χ0v) is 23.4. The molecule has 1 heterocycles. The fourth-order valence-electron chi connectivity index (χ4n) is 7.20. The standard InChI is InChI=1S/C34H45FS/c1-3-5-24-7-9-26(10-8-24)13-16-30-21-22-31-23-32(36-34(31)33(30)35)29-19-17-28(18-20-29)27-14-11-25(6-4-2)12-15-27/h7-10,21-23,25,27-29H,3-6,11-20H2,1-2H3. The van der Waals surface area contributed by atoms with E-state index in [9.17, 15) is 0 Å². The number of hydrogen-bond acceptors (Lipinski definition) is 1. The van der Waals surface area contributed by atoms with Crippen LogP contribution in [-0.4, -0.2) is 0 Å². The van der Waals surface area contributed by atoms with E-state index >= 15 is 4.39 Å². The Labute approximate surface area is 222 Å². The molecule has 2 fully saturated rings. The molecule has 0 saturated heterocycles. The van der Waals surface area contributed by atoms with E-state index in [4.69, 9.17) is 0 Å². The van der Waals surface area contributed by atoms with Gasteiger partial charge in [-0.3, -0.25) is 0 Å². The van der Waals surface area contributed by atoms with Gasteiger partial charge >= 0.3 is 0 Å². The Morgan fingerprint density at radius 2 is 1.36 bits per heavy atom. The second-order valence-electron chi connectivity index (χ2n) is 11.9. The molecule has 0 spiro atoms. The molecule has 0 nitrogen and oxygen atoms in total. The molecule has 3 aromatic rings. The summed E-state index contributed by atoms with van der Waals surface area (Å²) in [6.07, 6.45) is 18.0. The highest BCUT2D eigenvalue weighted by Crippen LogP contribution is 2.46. The summed E-state index contributed by atoms with van der Waals surface area (Å²) in [5, 5.41) is 1.11. The van der Waals surface area contributed by atoms with Gasteiger partial charge in [0.15, 0.2) is 0 Å². The van der Waals surface area contributed by atoms with E-state index in [1.165, 1.54) is 86.6 Å². The number of halogens is 1. The summed E-state index contributed by atoms with van der Waals surface area (Å²) >= 11 is 1.74. The molecule has 0 amide bonds. The van der Waals surface area contributed by atoms with Crippen LogP contribution in [0, 0.1) is 23.6 Å². The van der Waals surface area contributed by atoms with E-state index in [1.807, 2.05) is 6.07 Å². The molecule has 5 rings (SSSR count). The molecule has 0 radical (unpaired) electrons. The van der Waals surface area contributed by atoms with Gasteiger partial charge in [-0.05, 0) is 110 Å². The fraction of sp³-hybridized carbons (Fsp3) is 0.588. The molecule has 2 aliphatic carbocycles. The maximum absolute atomic E-state index is 15.5. The summed E-state index contributed by atoms with van der Waals surface area (Å²) in [7, 11) is 0. The predicted octanol–water partition coefficient (Wildman–Crippen LogP) is 10.7. The third kappa shape index (κ3) is 6.07. The number of benzene rings is 2. The zero-order valence-electron chi connectivity index (χ0n) is 22.5. The average Bonchev–Trinajstić information content (AvgIpc) is 3.36. The van der Waals surface area contributed by atoms with E-state index in [2.05, 4.69) is 50.2 Å². The van der Waals surface area contributed by atoms with Crippen molar-refractivity contribution in [2.45, 2.75) is 110 Å². The van der Waals surface area contributed by atoms with Crippen molar-refractivity contribution in [3.63, 3.8) is 0 Å². The summed E-state index contributed by atoms with van der Waals surface area (Å²) in [5.74, 6) is 3.60. The van der Waals surface area contributed by atoms with Crippen LogP contribution in [0.3, 0.4) is 0 Å². The van der Waals surface area contributed by atoms with Gasteiger partial charge in [-0.15, -0.1) is 11.3 Å². The molecule has 2 heteroatoms. The molecule has 2 aromatic carbocycles. The van der Waals surface area contributed by atoms with Crippen molar-refractivity contribution >= 4 is 21.4 Å². The Morgan fingerprint density at radius 1 is 0.722 bits per heavy atom. The fourth-order valence-corrected chi connectivity index (χ4v) is 8.49. The van der Waals surface area contributed by atoms with Crippen LogP contribution in [0.1, 0.15) is 112 Å². The van der Waals surface area contributed by atoms with Crippen LogP contribution in [0.15, 0.2) is 42.5 Å². The topological polar surface area (TPSA) is 0 Å². The van der Waals surface area contributed by atoms with Gasteiger partial charge in [0.1, 0.15) is 5.82 Å². The van der Waals surface area contributed by atoms with Gasteiger partial charge in [0.2, 0.25) is 0 Å². The molecule has 0 bridgehead atoms. The number of fused-ring (bicyclic) bond motifs is 1. The van der Waals surface area contributed by atoms with Crippen LogP contribution in [-0.2, 0) is 19.3 Å². The Morgan fingerprint density at radius 3 is 2.00 bits per heavy atom. The molecule has 1 aromatic heterocycles. The highest BCUT2D eigenvalue weighted by molar-refractivity contribution is 7.19. The number of aryl methyl sites for hydroxylation is 3. The van der Waals surface area contributed by atoms with Crippen molar-refractivity contribution < 1.29 is 4.39 Å². The predicted molar refractivity (Wildman–Crippen MR) is 155 cm³/mol. The van der Waals surface area contributed by atoms with Gasteiger partial charge in [0.25, 0.3) is 0 Å². The van der Waals surface area contributed by atoms with Crippen LogP contribution in [0.5, 0.6) is 0 Å². The average molecular weight is 505 g/mol. The summed E-state index contributed by atoms with van der Waals surface area (Å²) in [6.45, 7) is 4.55. The van der Waals surface area contributed by atoms with Crippen LogP contribution >= 0.6 is 11.3 Å². The maximum atomic E-state index is 15.5.